The van der Waals surface area contributed by atoms with Gasteiger partial charge in [0.15, 0.2) is 0 Å². The van der Waals surface area contributed by atoms with Gasteiger partial charge in [0, 0.05) is 28.2 Å². The molecule has 4 heteroatoms. The van der Waals surface area contributed by atoms with E-state index in [9.17, 15) is 4.79 Å². The van der Waals surface area contributed by atoms with E-state index in [1.807, 2.05) is 45.2 Å². The maximum absolute atomic E-state index is 12.5. The Balaban J connectivity index is 2.40. The largest absolute Gasteiger partial charge is 0.361 e. The summed E-state index contributed by atoms with van der Waals surface area (Å²) in [6.45, 7) is 7.95. The average Bonchev–Trinajstić information content (AvgIpc) is 2.81. The van der Waals surface area contributed by atoms with Crippen molar-refractivity contribution in [1.29, 1.82) is 0 Å². The van der Waals surface area contributed by atoms with Crippen LogP contribution in [0.5, 0.6) is 0 Å². The number of rotatable bonds is 4. The summed E-state index contributed by atoms with van der Waals surface area (Å²) in [5.41, 5.74) is 1.36. The van der Waals surface area contributed by atoms with Crippen molar-refractivity contribution in [2.24, 2.45) is 0 Å². The maximum Gasteiger partial charge on any atom is 0.230 e. The fraction of sp³-hybridized carbons (Fsp3) is 0.438. The van der Waals surface area contributed by atoms with E-state index in [0.29, 0.717) is 5.02 Å². The second-order valence-electron chi connectivity index (χ2n) is 5.80. The lowest BCUT2D eigenvalue weighted by atomic mass is 9.83. The third kappa shape index (κ3) is 2.68. The average molecular weight is 293 g/mol. The van der Waals surface area contributed by atoms with Crippen molar-refractivity contribution >= 4 is 28.4 Å². The number of hydrogen-bond donors (Lipinski definition) is 2. The number of hydrogen-bond acceptors (Lipinski definition) is 1. The molecule has 1 aromatic carbocycles. The lowest BCUT2D eigenvalue weighted by molar-refractivity contribution is -0.126. The topological polar surface area (TPSA) is 44.9 Å². The Morgan fingerprint density at radius 1 is 1.45 bits per heavy atom. The van der Waals surface area contributed by atoms with E-state index in [1.54, 1.807) is 0 Å². The van der Waals surface area contributed by atoms with Crippen LogP contribution in [0.3, 0.4) is 0 Å². The number of halogens is 1. The minimum absolute atomic E-state index is 0.0349. The standard InChI is InChI=1S/C16H21ClN2O/c1-5-10(2)19-15(20)16(3,4)13-9-18-14-7-6-11(17)8-12(13)14/h6-10,18H,5H2,1-4H3,(H,19,20). The quantitative estimate of drug-likeness (QED) is 0.878. The molecule has 0 saturated heterocycles. The molecule has 0 bridgehead atoms. The van der Waals surface area contributed by atoms with Gasteiger partial charge in [-0.05, 0) is 51.0 Å². The molecule has 0 spiro atoms. The first-order chi connectivity index (χ1) is 9.36. The summed E-state index contributed by atoms with van der Waals surface area (Å²) < 4.78 is 0. The minimum atomic E-state index is -0.605. The second kappa shape index (κ2) is 5.49. The molecular formula is C16H21ClN2O. The Morgan fingerprint density at radius 2 is 2.15 bits per heavy atom. The number of nitrogens with one attached hydrogen (secondary N) is 2. The van der Waals surface area contributed by atoms with Gasteiger partial charge in [-0.25, -0.2) is 0 Å². The Hall–Kier alpha value is -1.48. The molecule has 20 heavy (non-hydrogen) atoms. The molecule has 108 valence electrons. The van der Waals surface area contributed by atoms with Crippen molar-refractivity contribution in [1.82, 2.24) is 10.3 Å². The molecule has 0 saturated carbocycles. The molecule has 1 unspecified atom stereocenters. The van der Waals surface area contributed by atoms with Crippen molar-refractivity contribution in [2.75, 3.05) is 0 Å². The van der Waals surface area contributed by atoms with Crippen LogP contribution in [0, 0.1) is 0 Å². The van der Waals surface area contributed by atoms with E-state index < -0.39 is 5.41 Å². The van der Waals surface area contributed by atoms with E-state index in [2.05, 4.69) is 17.2 Å². The van der Waals surface area contributed by atoms with E-state index in [1.165, 1.54) is 0 Å². The molecule has 0 fully saturated rings. The Kier molecular flexibility index (Phi) is 4.09. The van der Waals surface area contributed by atoms with Crippen LogP contribution in [0.1, 0.15) is 39.7 Å². The van der Waals surface area contributed by atoms with Gasteiger partial charge >= 0.3 is 0 Å². The highest BCUT2D eigenvalue weighted by Crippen LogP contribution is 2.32. The van der Waals surface area contributed by atoms with Gasteiger partial charge in [-0.1, -0.05) is 18.5 Å². The summed E-state index contributed by atoms with van der Waals surface area (Å²) in [5, 5.41) is 4.73. The van der Waals surface area contributed by atoms with E-state index >= 15 is 0 Å². The fourth-order valence-electron chi connectivity index (χ4n) is 2.24. The summed E-state index contributed by atoms with van der Waals surface area (Å²) in [4.78, 5) is 15.7. The molecule has 2 rings (SSSR count). The van der Waals surface area contributed by atoms with Crippen LogP contribution < -0.4 is 5.32 Å². The first-order valence-electron chi connectivity index (χ1n) is 6.94. The van der Waals surface area contributed by atoms with Gasteiger partial charge in [-0.2, -0.15) is 0 Å². The van der Waals surface area contributed by atoms with Crippen LogP contribution in [0.25, 0.3) is 10.9 Å². The van der Waals surface area contributed by atoms with Gasteiger partial charge in [0.25, 0.3) is 0 Å². The number of aromatic nitrogens is 1. The minimum Gasteiger partial charge on any atom is -0.361 e. The van der Waals surface area contributed by atoms with Crippen LogP contribution >= 0.6 is 11.6 Å². The maximum atomic E-state index is 12.5. The molecule has 1 atom stereocenters. The number of aromatic amines is 1. The van der Waals surface area contributed by atoms with E-state index in [-0.39, 0.29) is 11.9 Å². The van der Waals surface area contributed by atoms with Crippen LogP contribution in [0.15, 0.2) is 24.4 Å². The first-order valence-corrected chi connectivity index (χ1v) is 7.32. The molecule has 2 N–H and O–H groups in total. The molecular weight excluding hydrogens is 272 g/mol. The molecule has 1 amide bonds. The highest BCUT2D eigenvalue weighted by atomic mass is 35.5. The first kappa shape index (κ1) is 14.9. The molecule has 0 aliphatic carbocycles. The molecule has 1 aromatic heterocycles. The summed E-state index contributed by atoms with van der Waals surface area (Å²) in [7, 11) is 0. The van der Waals surface area contributed by atoms with Crippen molar-refractivity contribution < 1.29 is 4.79 Å². The highest BCUT2D eigenvalue weighted by Gasteiger charge is 2.32. The molecule has 1 heterocycles. The SMILES string of the molecule is CCC(C)NC(=O)C(C)(C)c1c[nH]c2ccc(Cl)cc12. The summed E-state index contributed by atoms with van der Waals surface area (Å²) in [5.74, 6) is 0.0349. The highest BCUT2D eigenvalue weighted by molar-refractivity contribution is 6.31. The number of fused-ring (bicyclic) bond motifs is 1. The van der Waals surface area contributed by atoms with Gasteiger partial charge in [-0.15, -0.1) is 0 Å². The fourth-order valence-corrected chi connectivity index (χ4v) is 2.41. The second-order valence-corrected chi connectivity index (χ2v) is 6.24. The zero-order valence-electron chi connectivity index (χ0n) is 12.4. The molecule has 2 aromatic rings. The van der Waals surface area contributed by atoms with Crippen LogP contribution in [-0.2, 0) is 10.2 Å². The van der Waals surface area contributed by atoms with Crippen LogP contribution in [-0.4, -0.2) is 16.9 Å². The third-order valence-corrected chi connectivity index (χ3v) is 4.11. The van der Waals surface area contributed by atoms with Gasteiger partial charge in [0.05, 0.1) is 5.41 Å². The van der Waals surface area contributed by atoms with Crippen molar-refractivity contribution in [3.63, 3.8) is 0 Å². The predicted octanol–water partition coefficient (Wildman–Crippen LogP) is 4.01. The normalized spacial score (nSPS) is 13.4. The molecule has 0 aliphatic heterocycles. The lowest BCUT2D eigenvalue weighted by Crippen LogP contribution is -2.43. The number of amides is 1. The van der Waals surface area contributed by atoms with Crippen LogP contribution in [0.2, 0.25) is 5.02 Å². The molecule has 0 aliphatic rings. The van der Waals surface area contributed by atoms with E-state index in [4.69, 9.17) is 11.6 Å². The van der Waals surface area contributed by atoms with Gasteiger partial charge in [0.1, 0.15) is 0 Å². The van der Waals surface area contributed by atoms with Crippen molar-refractivity contribution in [3.05, 3.63) is 35.0 Å². The molecule has 0 radical (unpaired) electrons. The number of benzene rings is 1. The Bertz CT molecular complexity index is 630. The zero-order valence-corrected chi connectivity index (χ0v) is 13.1. The van der Waals surface area contributed by atoms with Crippen molar-refractivity contribution in [3.8, 4) is 0 Å². The van der Waals surface area contributed by atoms with Gasteiger partial charge < -0.3 is 10.3 Å². The van der Waals surface area contributed by atoms with Crippen molar-refractivity contribution in [2.45, 2.75) is 45.6 Å². The third-order valence-electron chi connectivity index (χ3n) is 3.87. The van der Waals surface area contributed by atoms with E-state index in [0.717, 1.165) is 22.9 Å². The summed E-state index contributed by atoms with van der Waals surface area (Å²) >= 11 is 6.07. The zero-order chi connectivity index (χ0) is 14.9. The van der Waals surface area contributed by atoms with Gasteiger partial charge in [-0.3, -0.25) is 4.79 Å². The molecule has 3 nitrogen and oxygen atoms in total. The lowest BCUT2D eigenvalue weighted by Gasteiger charge is -2.25. The smallest absolute Gasteiger partial charge is 0.230 e. The number of carbonyl (C=O) groups is 1. The Morgan fingerprint density at radius 3 is 2.80 bits per heavy atom. The summed E-state index contributed by atoms with van der Waals surface area (Å²) in [6, 6.07) is 5.86. The predicted molar refractivity (Wildman–Crippen MR) is 84.2 cm³/mol. The Labute approximate surface area is 124 Å². The number of carbonyl (C=O) groups excluding carboxylic acids is 1. The summed E-state index contributed by atoms with van der Waals surface area (Å²) in [6.07, 6.45) is 2.82. The number of H-pyrrole nitrogens is 1. The van der Waals surface area contributed by atoms with Gasteiger partial charge in [0.2, 0.25) is 5.91 Å². The monoisotopic (exact) mass is 292 g/mol. The van der Waals surface area contributed by atoms with Crippen LogP contribution in [0.4, 0.5) is 0 Å².